The number of benzene rings is 1. The van der Waals surface area contributed by atoms with Crippen LogP contribution in [0.3, 0.4) is 0 Å². The molecule has 1 unspecified atom stereocenters. The highest BCUT2D eigenvalue weighted by Gasteiger charge is 2.13. The molecule has 80 valence electrons. The fourth-order valence-electron chi connectivity index (χ4n) is 1.81. The molecule has 2 rings (SSSR count). The molecule has 0 aliphatic heterocycles. The third-order valence-electron chi connectivity index (χ3n) is 2.62. The van der Waals surface area contributed by atoms with Crippen molar-refractivity contribution in [3.63, 3.8) is 0 Å². The maximum atomic E-state index is 6.11. The topological polar surface area (TPSA) is 41.8 Å². The molecule has 1 atom stereocenters. The molecule has 15 heavy (non-hydrogen) atoms. The molecular weight excluding hydrogens is 231 g/mol. The van der Waals surface area contributed by atoms with Crippen molar-refractivity contribution in [2.24, 2.45) is 5.73 Å². The Labute approximate surface area is 98.4 Å². The summed E-state index contributed by atoms with van der Waals surface area (Å²) in [5.74, 6) is 0. The SMILES string of the molecule is Cc1c(C(C)N)[nH]c2c(Cl)c(Cl)ccc12. The summed E-state index contributed by atoms with van der Waals surface area (Å²) in [6, 6.07) is 3.73. The number of fused-ring (bicyclic) bond motifs is 1. The summed E-state index contributed by atoms with van der Waals surface area (Å²) >= 11 is 12.1. The Balaban J connectivity index is 2.82. The monoisotopic (exact) mass is 242 g/mol. The first-order chi connectivity index (χ1) is 7.02. The van der Waals surface area contributed by atoms with Crippen LogP contribution in [0.25, 0.3) is 10.9 Å². The second-order valence-electron chi connectivity index (χ2n) is 3.74. The number of aromatic amines is 1. The van der Waals surface area contributed by atoms with E-state index in [9.17, 15) is 0 Å². The molecule has 1 aromatic heterocycles. The lowest BCUT2D eigenvalue weighted by molar-refractivity contribution is 0.785. The van der Waals surface area contributed by atoms with E-state index in [-0.39, 0.29) is 6.04 Å². The van der Waals surface area contributed by atoms with Crippen LogP contribution in [0.4, 0.5) is 0 Å². The van der Waals surface area contributed by atoms with Gasteiger partial charge in [-0.15, -0.1) is 0 Å². The van der Waals surface area contributed by atoms with Crippen molar-refractivity contribution in [2.75, 3.05) is 0 Å². The minimum Gasteiger partial charge on any atom is -0.356 e. The first kappa shape index (κ1) is 10.8. The molecular formula is C11H12Cl2N2. The van der Waals surface area contributed by atoms with Crippen molar-refractivity contribution >= 4 is 34.1 Å². The third kappa shape index (κ3) is 1.63. The van der Waals surface area contributed by atoms with Gasteiger partial charge in [0.1, 0.15) is 0 Å². The fourth-order valence-corrected chi connectivity index (χ4v) is 2.18. The zero-order chi connectivity index (χ0) is 11.2. The summed E-state index contributed by atoms with van der Waals surface area (Å²) in [5, 5.41) is 2.20. The third-order valence-corrected chi connectivity index (χ3v) is 3.42. The number of hydrogen-bond donors (Lipinski definition) is 2. The highest BCUT2D eigenvalue weighted by molar-refractivity contribution is 6.45. The molecule has 1 heterocycles. The van der Waals surface area contributed by atoms with Gasteiger partial charge in [-0.25, -0.2) is 0 Å². The maximum Gasteiger partial charge on any atom is 0.0833 e. The Morgan fingerprint density at radius 2 is 2.00 bits per heavy atom. The van der Waals surface area contributed by atoms with Gasteiger partial charge in [-0.1, -0.05) is 29.3 Å². The first-order valence-electron chi connectivity index (χ1n) is 4.74. The largest absolute Gasteiger partial charge is 0.356 e. The van der Waals surface area contributed by atoms with Crippen LogP contribution in [0.2, 0.25) is 10.0 Å². The Kier molecular flexibility index (Phi) is 2.67. The van der Waals surface area contributed by atoms with Crippen molar-refractivity contribution in [3.05, 3.63) is 33.4 Å². The van der Waals surface area contributed by atoms with Gasteiger partial charge < -0.3 is 10.7 Å². The summed E-state index contributed by atoms with van der Waals surface area (Å²) in [4.78, 5) is 3.23. The lowest BCUT2D eigenvalue weighted by Gasteiger charge is -2.02. The van der Waals surface area contributed by atoms with E-state index in [0.29, 0.717) is 10.0 Å². The molecule has 1 aromatic carbocycles. The van der Waals surface area contributed by atoms with E-state index in [0.717, 1.165) is 22.2 Å². The second kappa shape index (κ2) is 3.71. The van der Waals surface area contributed by atoms with Gasteiger partial charge in [0.25, 0.3) is 0 Å². The minimum absolute atomic E-state index is 0.0350. The average Bonchev–Trinajstić information content (AvgIpc) is 2.51. The predicted molar refractivity (Wildman–Crippen MR) is 65.7 cm³/mol. The number of aromatic nitrogens is 1. The molecule has 3 N–H and O–H groups in total. The Bertz CT molecular complexity index is 515. The van der Waals surface area contributed by atoms with E-state index in [1.807, 2.05) is 19.9 Å². The zero-order valence-corrected chi connectivity index (χ0v) is 10.1. The van der Waals surface area contributed by atoms with Gasteiger partial charge in [0.15, 0.2) is 0 Å². The molecule has 4 heteroatoms. The molecule has 2 aromatic rings. The summed E-state index contributed by atoms with van der Waals surface area (Å²) in [6.45, 7) is 3.97. The van der Waals surface area contributed by atoms with Crippen molar-refractivity contribution in [1.29, 1.82) is 0 Å². The summed E-state index contributed by atoms with van der Waals surface area (Å²) in [6.07, 6.45) is 0. The van der Waals surface area contributed by atoms with Crippen LogP contribution >= 0.6 is 23.2 Å². The zero-order valence-electron chi connectivity index (χ0n) is 8.57. The van der Waals surface area contributed by atoms with Gasteiger partial charge in [-0.05, 0) is 25.5 Å². The number of nitrogens with one attached hydrogen (secondary N) is 1. The standard InChI is InChI=1S/C11H12Cl2N2/c1-5-7-3-4-8(12)9(13)11(7)15-10(5)6(2)14/h3-4,6,15H,14H2,1-2H3. The normalized spacial score (nSPS) is 13.4. The van der Waals surface area contributed by atoms with Crippen LogP contribution in [-0.4, -0.2) is 4.98 Å². The van der Waals surface area contributed by atoms with Crippen LogP contribution in [0.1, 0.15) is 24.2 Å². The molecule has 0 saturated carbocycles. The van der Waals surface area contributed by atoms with Crippen LogP contribution in [0.5, 0.6) is 0 Å². The molecule has 0 radical (unpaired) electrons. The molecule has 0 amide bonds. The van der Waals surface area contributed by atoms with Gasteiger partial charge in [0.05, 0.1) is 15.6 Å². The van der Waals surface area contributed by atoms with Crippen molar-refractivity contribution in [1.82, 2.24) is 4.98 Å². The number of hydrogen-bond acceptors (Lipinski definition) is 1. The molecule has 0 spiro atoms. The molecule has 0 bridgehead atoms. The van der Waals surface area contributed by atoms with Crippen molar-refractivity contribution in [3.8, 4) is 0 Å². The lowest BCUT2D eigenvalue weighted by Crippen LogP contribution is -2.06. The fraction of sp³-hybridized carbons (Fsp3) is 0.273. The average molecular weight is 243 g/mol. The molecule has 0 aliphatic carbocycles. The Morgan fingerprint density at radius 1 is 1.33 bits per heavy atom. The predicted octanol–water partition coefficient (Wildman–Crippen LogP) is 3.80. The van der Waals surface area contributed by atoms with Gasteiger partial charge in [-0.2, -0.15) is 0 Å². The van der Waals surface area contributed by atoms with Crippen molar-refractivity contribution in [2.45, 2.75) is 19.9 Å². The smallest absolute Gasteiger partial charge is 0.0833 e. The van der Waals surface area contributed by atoms with E-state index in [1.54, 1.807) is 6.07 Å². The second-order valence-corrected chi connectivity index (χ2v) is 4.52. The van der Waals surface area contributed by atoms with E-state index in [4.69, 9.17) is 28.9 Å². The number of rotatable bonds is 1. The summed E-state index contributed by atoms with van der Waals surface area (Å²) in [5.41, 5.74) is 8.87. The van der Waals surface area contributed by atoms with Gasteiger partial charge >= 0.3 is 0 Å². The van der Waals surface area contributed by atoms with E-state index in [2.05, 4.69) is 4.98 Å². The van der Waals surface area contributed by atoms with E-state index >= 15 is 0 Å². The first-order valence-corrected chi connectivity index (χ1v) is 5.49. The van der Waals surface area contributed by atoms with Crippen molar-refractivity contribution < 1.29 is 0 Å². The van der Waals surface area contributed by atoms with Crippen LogP contribution in [-0.2, 0) is 0 Å². The lowest BCUT2D eigenvalue weighted by atomic mass is 10.1. The van der Waals surface area contributed by atoms with Gasteiger partial charge in [0, 0.05) is 17.1 Å². The number of aryl methyl sites for hydroxylation is 1. The molecule has 0 fully saturated rings. The molecule has 0 saturated heterocycles. The quantitative estimate of drug-likeness (QED) is 0.785. The van der Waals surface area contributed by atoms with Gasteiger partial charge in [0.2, 0.25) is 0 Å². The highest BCUT2D eigenvalue weighted by atomic mass is 35.5. The summed E-state index contributed by atoms with van der Waals surface area (Å²) < 4.78 is 0. The Morgan fingerprint density at radius 3 is 2.60 bits per heavy atom. The van der Waals surface area contributed by atoms with Crippen LogP contribution < -0.4 is 5.73 Å². The number of H-pyrrole nitrogens is 1. The Hall–Kier alpha value is -0.700. The van der Waals surface area contributed by atoms with Gasteiger partial charge in [-0.3, -0.25) is 0 Å². The van der Waals surface area contributed by atoms with E-state index in [1.165, 1.54) is 0 Å². The number of nitrogens with two attached hydrogens (primary N) is 1. The van der Waals surface area contributed by atoms with E-state index < -0.39 is 0 Å². The minimum atomic E-state index is -0.0350. The number of halogens is 2. The van der Waals surface area contributed by atoms with Crippen LogP contribution in [0, 0.1) is 6.92 Å². The molecule has 0 aliphatic rings. The maximum absolute atomic E-state index is 6.11. The molecule has 2 nitrogen and oxygen atoms in total. The summed E-state index contributed by atoms with van der Waals surface area (Å²) in [7, 11) is 0. The van der Waals surface area contributed by atoms with Crippen LogP contribution in [0.15, 0.2) is 12.1 Å². The highest BCUT2D eigenvalue weighted by Crippen LogP contribution is 2.34.